The summed E-state index contributed by atoms with van der Waals surface area (Å²) in [5, 5.41) is 6.76. The van der Waals surface area contributed by atoms with Crippen LogP contribution in [-0.2, 0) is 16.0 Å². The normalized spacial score (nSPS) is 18.2. The van der Waals surface area contributed by atoms with Crippen molar-refractivity contribution in [2.75, 3.05) is 33.8 Å². The van der Waals surface area contributed by atoms with E-state index < -0.39 is 0 Å². The van der Waals surface area contributed by atoms with Crippen LogP contribution in [0.2, 0.25) is 0 Å². The molecule has 1 aliphatic heterocycles. The van der Waals surface area contributed by atoms with Gasteiger partial charge in [0.25, 0.3) is 0 Å². The van der Waals surface area contributed by atoms with Gasteiger partial charge in [-0.05, 0) is 43.2 Å². The third-order valence-electron chi connectivity index (χ3n) is 4.87. The number of nitrogens with zero attached hydrogens (tertiary/aromatic N) is 2. The van der Waals surface area contributed by atoms with Crippen molar-refractivity contribution in [1.82, 2.24) is 15.5 Å². The first-order valence-corrected chi connectivity index (χ1v) is 10.3. The molecule has 0 saturated carbocycles. The Morgan fingerprint density at radius 1 is 1.25 bits per heavy atom. The minimum atomic E-state index is -0.0242. The Balaban J connectivity index is 1.99. The first-order valence-electron chi connectivity index (χ1n) is 10.3. The van der Waals surface area contributed by atoms with Gasteiger partial charge < -0.3 is 20.3 Å². The van der Waals surface area contributed by atoms with Crippen molar-refractivity contribution in [3.63, 3.8) is 0 Å². The van der Waals surface area contributed by atoms with Crippen LogP contribution < -0.4 is 10.6 Å². The Morgan fingerprint density at radius 3 is 2.54 bits per heavy atom. The molecule has 1 aliphatic rings. The van der Waals surface area contributed by atoms with Crippen molar-refractivity contribution in [1.29, 1.82) is 0 Å². The van der Waals surface area contributed by atoms with Gasteiger partial charge in [-0.25, -0.2) is 4.99 Å². The Morgan fingerprint density at radius 2 is 1.96 bits per heavy atom. The maximum Gasteiger partial charge on any atom is 0.243 e. The van der Waals surface area contributed by atoms with E-state index in [9.17, 15) is 4.79 Å². The van der Waals surface area contributed by atoms with Crippen molar-refractivity contribution in [2.45, 2.75) is 52.2 Å². The molecule has 0 radical (unpaired) electrons. The van der Waals surface area contributed by atoms with E-state index in [4.69, 9.17) is 4.74 Å². The summed E-state index contributed by atoms with van der Waals surface area (Å²) in [5.74, 6) is 1.27. The maximum atomic E-state index is 11.9. The number of likely N-dealkylation sites (N-methyl/N-ethyl adjacent to an activating group) is 1. The number of rotatable bonds is 8. The van der Waals surface area contributed by atoms with Crippen LogP contribution in [-0.4, -0.2) is 56.7 Å². The minimum absolute atomic E-state index is 0.0242. The van der Waals surface area contributed by atoms with E-state index in [1.165, 1.54) is 11.1 Å². The summed E-state index contributed by atoms with van der Waals surface area (Å²) < 4.78 is 5.68. The molecule has 0 bridgehead atoms. The van der Waals surface area contributed by atoms with E-state index in [0.29, 0.717) is 18.4 Å². The Kier molecular flexibility index (Phi) is 8.77. The van der Waals surface area contributed by atoms with Gasteiger partial charge in [0.05, 0.1) is 12.1 Å². The first-order chi connectivity index (χ1) is 13.3. The molecule has 2 N–H and O–H groups in total. The third-order valence-corrected chi connectivity index (χ3v) is 4.87. The third kappa shape index (κ3) is 7.50. The zero-order valence-corrected chi connectivity index (χ0v) is 18.0. The molecule has 2 rings (SSSR count). The highest BCUT2D eigenvalue weighted by molar-refractivity contribution is 5.85. The van der Waals surface area contributed by atoms with Crippen LogP contribution in [0.1, 0.15) is 50.8 Å². The number of carbonyl (C=O) groups excluding carboxylic acids is 1. The predicted molar refractivity (Wildman–Crippen MR) is 115 cm³/mol. The van der Waals surface area contributed by atoms with Crippen molar-refractivity contribution >= 4 is 11.9 Å². The van der Waals surface area contributed by atoms with E-state index in [1.807, 2.05) is 0 Å². The second-order valence-electron chi connectivity index (χ2n) is 8.17. The van der Waals surface area contributed by atoms with E-state index in [0.717, 1.165) is 25.9 Å². The molecule has 6 nitrogen and oxygen atoms in total. The molecule has 0 aliphatic carbocycles. The fourth-order valence-electron chi connectivity index (χ4n) is 3.16. The summed E-state index contributed by atoms with van der Waals surface area (Å²) in [6.07, 6.45) is 3.46. The van der Waals surface area contributed by atoms with Crippen LogP contribution in [0.5, 0.6) is 0 Å². The van der Waals surface area contributed by atoms with Gasteiger partial charge in [-0.3, -0.25) is 4.79 Å². The molecule has 2 atom stereocenters. The molecule has 0 spiro atoms. The highest BCUT2D eigenvalue weighted by atomic mass is 16.5. The smallest absolute Gasteiger partial charge is 0.243 e. The van der Waals surface area contributed by atoms with Gasteiger partial charge in [0, 0.05) is 27.2 Å². The van der Waals surface area contributed by atoms with Crippen molar-refractivity contribution in [2.24, 2.45) is 10.9 Å². The monoisotopic (exact) mass is 388 g/mol. The summed E-state index contributed by atoms with van der Waals surface area (Å²) in [4.78, 5) is 18.0. The number of ether oxygens (including phenoxy) is 1. The molecule has 1 amide bonds. The van der Waals surface area contributed by atoms with E-state index in [1.54, 1.807) is 19.0 Å². The highest BCUT2D eigenvalue weighted by Gasteiger charge is 2.17. The van der Waals surface area contributed by atoms with E-state index in [2.05, 4.69) is 60.7 Å². The number of hydrogen-bond acceptors (Lipinski definition) is 3. The number of benzene rings is 1. The lowest BCUT2D eigenvalue weighted by Crippen LogP contribution is -2.42. The number of aliphatic imine (C=N–C) groups is 1. The van der Waals surface area contributed by atoms with Gasteiger partial charge in [0.1, 0.15) is 6.54 Å². The molecule has 1 fully saturated rings. The second-order valence-corrected chi connectivity index (χ2v) is 8.17. The average molecular weight is 389 g/mol. The topological polar surface area (TPSA) is 66.0 Å². The Hall–Kier alpha value is -2.08. The van der Waals surface area contributed by atoms with Gasteiger partial charge in [-0.15, -0.1) is 0 Å². The number of carbonyl (C=O) groups is 1. The predicted octanol–water partition coefficient (Wildman–Crippen LogP) is 2.75. The standard InChI is InChI=1S/C22H36N4O2/c1-16(2)13-18-8-10-19(11-9-18)17(3)25-22(24-15-21(27)26(4)5)23-14-20-7-6-12-28-20/h8-11,16-17,20H,6-7,12-15H2,1-5H3,(H2,23,24,25). The number of nitrogens with one attached hydrogen (secondary N) is 2. The molecule has 6 heteroatoms. The van der Waals surface area contributed by atoms with Crippen LogP contribution in [0.4, 0.5) is 0 Å². The average Bonchev–Trinajstić information content (AvgIpc) is 3.17. The SMILES string of the molecule is CC(C)Cc1ccc(C(C)NC(=NCC(=O)N(C)C)NCC2CCCO2)cc1. The van der Waals surface area contributed by atoms with Gasteiger partial charge in [0.2, 0.25) is 5.91 Å². The number of guanidine groups is 1. The van der Waals surface area contributed by atoms with E-state index >= 15 is 0 Å². The number of hydrogen-bond donors (Lipinski definition) is 2. The largest absolute Gasteiger partial charge is 0.376 e. The summed E-state index contributed by atoms with van der Waals surface area (Å²) in [6, 6.07) is 8.80. The van der Waals surface area contributed by atoms with Crippen LogP contribution in [0.3, 0.4) is 0 Å². The van der Waals surface area contributed by atoms with Crippen molar-refractivity contribution in [3.8, 4) is 0 Å². The highest BCUT2D eigenvalue weighted by Crippen LogP contribution is 2.16. The molecule has 1 aromatic carbocycles. The van der Waals surface area contributed by atoms with Gasteiger partial charge in [-0.1, -0.05) is 38.1 Å². The molecular weight excluding hydrogens is 352 g/mol. The van der Waals surface area contributed by atoms with Crippen molar-refractivity contribution in [3.05, 3.63) is 35.4 Å². The fraction of sp³-hybridized carbons (Fsp3) is 0.636. The van der Waals surface area contributed by atoms with Gasteiger partial charge in [0.15, 0.2) is 5.96 Å². The van der Waals surface area contributed by atoms with E-state index in [-0.39, 0.29) is 24.6 Å². The fourth-order valence-corrected chi connectivity index (χ4v) is 3.16. The van der Waals surface area contributed by atoms with Crippen LogP contribution >= 0.6 is 0 Å². The molecule has 1 heterocycles. The lowest BCUT2D eigenvalue weighted by molar-refractivity contribution is -0.127. The maximum absolute atomic E-state index is 11.9. The summed E-state index contributed by atoms with van der Waals surface area (Å²) >= 11 is 0. The lowest BCUT2D eigenvalue weighted by atomic mass is 10.00. The zero-order chi connectivity index (χ0) is 20.5. The van der Waals surface area contributed by atoms with Crippen LogP contribution in [0.25, 0.3) is 0 Å². The molecule has 1 aromatic rings. The number of amides is 1. The van der Waals surface area contributed by atoms with Gasteiger partial charge in [-0.2, -0.15) is 0 Å². The first kappa shape index (κ1) is 22.2. The summed E-state index contributed by atoms with van der Waals surface area (Å²) in [5.41, 5.74) is 2.55. The second kappa shape index (κ2) is 11.1. The minimum Gasteiger partial charge on any atom is -0.376 e. The quantitative estimate of drug-likeness (QED) is 0.531. The van der Waals surface area contributed by atoms with Crippen LogP contribution in [0.15, 0.2) is 29.3 Å². The summed E-state index contributed by atoms with van der Waals surface area (Å²) in [7, 11) is 3.48. The molecular formula is C22H36N4O2. The van der Waals surface area contributed by atoms with Crippen LogP contribution in [0, 0.1) is 5.92 Å². The lowest BCUT2D eigenvalue weighted by Gasteiger charge is -2.21. The molecule has 1 saturated heterocycles. The zero-order valence-electron chi connectivity index (χ0n) is 18.0. The molecule has 28 heavy (non-hydrogen) atoms. The van der Waals surface area contributed by atoms with Crippen molar-refractivity contribution < 1.29 is 9.53 Å². The molecule has 2 unspecified atom stereocenters. The molecule has 156 valence electrons. The molecule has 0 aromatic heterocycles. The van der Waals surface area contributed by atoms with Gasteiger partial charge >= 0.3 is 0 Å². The Bertz CT molecular complexity index is 634. The Labute approximate surface area is 169 Å². The summed E-state index contributed by atoms with van der Waals surface area (Å²) in [6.45, 7) is 8.21.